The summed E-state index contributed by atoms with van der Waals surface area (Å²) in [5, 5.41) is 8.33. The van der Waals surface area contributed by atoms with Crippen molar-refractivity contribution >= 4 is 29.9 Å². The zero-order valence-corrected chi connectivity index (χ0v) is 11.9. The molecular formula is C14H19N3OS. The van der Waals surface area contributed by atoms with Crippen LogP contribution in [0.15, 0.2) is 23.1 Å². The molecule has 0 saturated carbocycles. The Bertz CT molecular complexity index is 507. The van der Waals surface area contributed by atoms with Gasteiger partial charge >= 0.3 is 0 Å². The zero-order chi connectivity index (χ0) is 14.0. The second-order valence-corrected chi connectivity index (χ2v) is 5.45. The van der Waals surface area contributed by atoms with E-state index in [0.29, 0.717) is 11.4 Å². The van der Waals surface area contributed by atoms with Crippen LogP contribution in [-0.2, 0) is 4.79 Å². The number of amides is 1. The molecule has 4 nitrogen and oxygen atoms in total. The topological polar surface area (TPSA) is 70.2 Å². The molecule has 0 radical (unpaired) electrons. The van der Waals surface area contributed by atoms with Crippen LogP contribution < -0.4 is 5.73 Å². The van der Waals surface area contributed by atoms with Gasteiger partial charge in [0, 0.05) is 47.8 Å². The first-order valence-electron chi connectivity index (χ1n) is 6.42. The van der Waals surface area contributed by atoms with E-state index in [1.807, 2.05) is 17.0 Å². The van der Waals surface area contributed by atoms with Crippen molar-refractivity contribution in [2.75, 3.05) is 18.8 Å². The van der Waals surface area contributed by atoms with Crippen LogP contribution in [0.1, 0.15) is 25.3 Å². The Morgan fingerprint density at radius 3 is 2.63 bits per heavy atom. The van der Waals surface area contributed by atoms with Crippen LogP contribution in [0.4, 0.5) is 5.69 Å². The number of piperidine rings is 1. The van der Waals surface area contributed by atoms with Gasteiger partial charge < -0.3 is 16.0 Å². The van der Waals surface area contributed by atoms with E-state index in [1.165, 1.54) is 0 Å². The molecule has 0 bridgehead atoms. The van der Waals surface area contributed by atoms with Gasteiger partial charge in [-0.1, -0.05) is 0 Å². The van der Waals surface area contributed by atoms with Crippen molar-refractivity contribution < 1.29 is 4.79 Å². The fourth-order valence-corrected chi connectivity index (χ4v) is 2.73. The number of carbonyl (C=O) groups excluding carboxylic acids is 1. The average Bonchev–Trinajstić information content (AvgIpc) is 2.41. The lowest BCUT2D eigenvalue weighted by molar-refractivity contribution is -0.129. The molecule has 1 amide bonds. The molecule has 0 aromatic heterocycles. The first-order chi connectivity index (χ1) is 8.99. The largest absolute Gasteiger partial charge is 0.399 e. The van der Waals surface area contributed by atoms with Gasteiger partial charge in [-0.25, -0.2) is 0 Å². The number of carbonyl (C=O) groups is 1. The molecular weight excluding hydrogens is 258 g/mol. The summed E-state index contributed by atoms with van der Waals surface area (Å²) in [5.41, 5.74) is 7.82. The van der Waals surface area contributed by atoms with E-state index in [4.69, 9.17) is 11.1 Å². The van der Waals surface area contributed by atoms with Crippen molar-refractivity contribution in [1.82, 2.24) is 4.90 Å². The Morgan fingerprint density at radius 1 is 1.42 bits per heavy atom. The molecule has 1 saturated heterocycles. The standard InChI is InChI=1S/C14H19N3OS/c1-9(18)17-6-4-10(5-7-17)14(16)12-8-11(15)2-3-13(12)19/h2-3,8,10,16,19H,4-7,15H2,1H3. The van der Waals surface area contributed by atoms with Crippen LogP contribution in [0, 0.1) is 11.3 Å². The SMILES string of the molecule is CC(=O)N1CCC(C(=N)c2cc(N)ccc2S)CC1. The molecule has 2 rings (SSSR count). The van der Waals surface area contributed by atoms with Gasteiger partial charge in [0.2, 0.25) is 5.91 Å². The summed E-state index contributed by atoms with van der Waals surface area (Å²) in [6.45, 7) is 3.05. The lowest BCUT2D eigenvalue weighted by Crippen LogP contribution is -2.39. The highest BCUT2D eigenvalue weighted by Crippen LogP contribution is 2.26. The van der Waals surface area contributed by atoms with Crippen molar-refractivity contribution in [3.05, 3.63) is 23.8 Å². The maximum absolute atomic E-state index is 11.3. The molecule has 1 aromatic rings. The summed E-state index contributed by atoms with van der Waals surface area (Å²) < 4.78 is 0. The summed E-state index contributed by atoms with van der Waals surface area (Å²) in [5.74, 6) is 0.298. The Labute approximate surface area is 118 Å². The number of rotatable bonds is 2. The van der Waals surface area contributed by atoms with Crippen LogP contribution >= 0.6 is 12.6 Å². The number of nitrogen functional groups attached to an aromatic ring is 1. The second-order valence-electron chi connectivity index (χ2n) is 4.97. The van der Waals surface area contributed by atoms with Crippen LogP contribution in [0.5, 0.6) is 0 Å². The highest BCUT2D eigenvalue weighted by molar-refractivity contribution is 7.80. The summed E-state index contributed by atoms with van der Waals surface area (Å²) >= 11 is 4.39. The number of benzene rings is 1. The number of hydrogen-bond donors (Lipinski definition) is 3. The van der Waals surface area contributed by atoms with Crippen molar-refractivity contribution in [2.24, 2.45) is 5.92 Å². The van der Waals surface area contributed by atoms with E-state index in [0.717, 1.165) is 36.4 Å². The average molecular weight is 277 g/mol. The van der Waals surface area contributed by atoms with Gasteiger partial charge in [0.05, 0.1) is 0 Å². The Balaban J connectivity index is 2.09. The van der Waals surface area contributed by atoms with Gasteiger partial charge in [-0.2, -0.15) is 0 Å². The highest BCUT2D eigenvalue weighted by atomic mass is 32.1. The minimum Gasteiger partial charge on any atom is -0.399 e. The lowest BCUT2D eigenvalue weighted by atomic mass is 9.88. The third-order valence-electron chi connectivity index (χ3n) is 3.66. The van der Waals surface area contributed by atoms with E-state index in [1.54, 1.807) is 13.0 Å². The number of anilines is 1. The minimum atomic E-state index is 0.115. The number of hydrogen-bond acceptors (Lipinski definition) is 4. The molecule has 1 aliphatic heterocycles. The maximum Gasteiger partial charge on any atom is 0.219 e. The van der Waals surface area contributed by atoms with E-state index < -0.39 is 0 Å². The van der Waals surface area contributed by atoms with Gasteiger partial charge in [-0.05, 0) is 31.0 Å². The van der Waals surface area contributed by atoms with Crippen molar-refractivity contribution in [3.63, 3.8) is 0 Å². The molecule has 1 aliphatic rings. The summed E-state index contributed by atoms with van der Waals surface area (Å²) in [4.78, 5) is 13.9. The van der Waals surface area contributed by atoms with Crippen LogP contribution in [-0.4, -0.2) is 29.6 Å². The first-order valence-corrected chi connectivity index (χ1v) is 6.86. The Hall–Kier alpha value is -1.49. The molecule has 19 heavy (non-hydrogen) atoms. The number of nitrogens with one attached hydrogen (secondary N) is 1. The molecule has 1 heterocycles. The van der Waals surface area contributed by atoms with Gasteiger partial charge in [0.25, 0.3) is 0 Å². The summed E-state index contributed by atoms with van der Waals surface area (Å²) in [7, 11) is 0. The van der Waals surface area contributed by atoms with Crippen LogP contribution in [0.25, 0.3) is 0 Å². The molecule has 0 unspecified atom stereocenters. The quantitative estimate of drug-likeness (QED) is 0.440. The van der Waals surface area contributed by atoms with Gasteiger partial charge in [-0.15, -0.1) is 12.6 Å². The number of thiol groups is 1. The van der Waals surface area contributed by atoms with Gasteiger partial charge in [0.15, 0.2) is 0 Å². The van der Waals surface area contributed by atoms with E-state index in [2.05, 4.69) is 12.6 Å². The van der Waals surface area contributed by atoms with Crippen molar-refractivity contribution in [2.45, 2.75) is 24.7 Å². The summed E-state index contributed by atoms with van der Waals surface area (Å²) in [6, 6.07) is 5.42. The molecule has 0 atom stereocenters. The highest BCUT2D eigenvalue weighted by Gasteiger charge is 2.25. The Kier molecular flexibility index (Phi) is 4.14. The van der Waals surface area contributed by atoms with Crippen molar-refractivity contribution in [1.29, 1.82) is 5.41 Å². The van der Waals surface area contributed by atoms with E-state index in [9.17, 15) is 4.79 Å². The molecule has 1 fully saturated rings. The predicted octanol–water partition coefficient (Wildman–Crippen LogP) is 2.18. The molecule has 0 spiro atoms. The number of nitrogens with zero attached hydrogens (tertiary/aromatic N) is 1. The third-order valence-corrected chi connectivity index (χ3v) is 4.05. The Morgan fingerprint density at radius 2 is 2.05 bits per heavy atom. The lowest BCUT2D eigenvalue weighted by Gasteiger charge is -2.31. The van der Waals surface area contributed by atoms with Crippen LogP contribution in [0.2, 0.25) is 0 Å². The number of likely N-dealkylation sites (tertiary alicyclic amines) is 1. The fraction of sp³-hybridized carbons (Fsp3) is 0.429. The molecule has 3 N–H and O–H groups in total. The predicted molar refractivity (Wildman–Crippen MR) is 79.9 cm³/mol. The second kappa shape index (κ2) is 5.65. The first kappa shape index (κ1) is 13.9. The van der Waals surface area contributed by atoms with Gasteiger partial charge in [-0.3, -0.25) is 4.79 Å². The van der Waals surface area contributed by atoms with E-state index in [-0.39, 0.29) is 11.8 Å². The monoisotopic (exact) mass is 277 g/mol. The molecule has 1 aromatic carbocycles. The van der Waals surface area contributed by atoms with Gasteiger partial charge in [0.1, 0.15) is 0 Å². The summed E-state index contributed by atoms with van der Waals surface area (Å²) in [6.07, 6.45) is 1.67. The third kappa shape index (κ3) is 3.10. The van der Waals surface area contributed by atoms with Crippen LogP contribution in [0.3, 0.4) is 0 Å². The number of nitrogens with two attached hydrogens (primary N) is 1. The zero-order valence-electron chi connectivity index (χ0n) is 11.0. The fourth-order valence-electron chi connectivity index (χ4n) is 2.47. The normalized spacial score (nSPS) is 16.4. The molecule has 102 valence electrons. The van der Waals surface area contributed by atoms with Crippen molar-refractivity contribution in [3.8, 4) is 0 Å². The maximum atomic E-state index is 11.3. The molecule has 5 heteroatoms. The smallest absolute Gasteiger partial charge is 0.219 e. The minimum absolute atomic E-state index is 0.115. The molecule has 0 aliphatic carbocycles. The van der Waals surface area contributed by atoms with E-state index >= 15 is 0 Å².